The molecule has 1 saturated heterocycles. The van der Waals surface area contributed by atoms with Crippen molar-refractivity contribution >= 4 is 37.3 Å². The van der Waals surface area contributed by atoms with E-state index >= 15 is 4.39 Å². The van der Waals surface area contributed by atoms with E-state index in [0.29, 0.717) is 17.6 Å². The number of anilines is 1. The van der Waals surface area contributed by atoms with Gasteiger partial charge in [0.05, 0.1) is 35.4 Å². The number of hydrogen-bond acceptors (Lipinski definition) is 9. The maximum absolute atomic E-state index is 16.1. The summed E-state index contributed by atoms with van der Waals surface area (Å²) in [4.78, 5) is 15.0. The number of nitrogen functional groups attached to an aromatic ring is 1. The second-order valence-corrected chi connectivity index (χ2v) is 9.45. The average molecular weight is 481 g/mol. The molecule has 3 aromatic heterocycles. The fourth-order valence-corrected chi connectivity index (χ4v) is 5.47. The largest absolute Gasteiger partial charge is 0.462 e. The lowest BCUT2D eigenvalue weighted by Gasteiger charge is -2.37. The van der Waals surface area contributed by atoms with Gasteiger partial charge in [0.2, 0.25) is 0 Å². The number of likely N-dealkylation sites (N-methyl/N-ethyl adjacent to an activating group) is 1. The van der Waals surface area contributed by atoms with E-state index in [-0.39, 0.29) is 62.7 Å². The first-order chi connectivity index (χ1) is 16.5. The van der Waals surface area contributed by atoms with Crippen molar-refractivity contribution in [1.29, 1.82) is 5.26 Å². The average Bonchev–Trinajstić information content (AvgIpc) is 3.44. The van der Waals surface area contributed by atoms with Gasteiger partial charge in [-0.1, -0.05) is 0 Å². The van der Waals surface area contributed by atoms with E-state index in [0.717, 1.165) is 36.1 Å². The quantitative estimate of drug-likeness (QED) is 0.470. The Hall–Kier alpha value is -3.46. The van der Waals surface area contributed by atoms with Crippen molar-refractivity contribution in [2.75, 3.05) is 25.9 Å². The van der Waals surface area contributed by atoms with E-state index in [1.807, 2.05) is 13.1 Å². The molecule has 0 radical (unpaired) electrons. The predicted octanol–water partition coefficient (Wildman–Crippen LogP) is 3.75. The first-order valence-electron chi connectivity index (χ1n) is 10.7. The van der Waals surface area contributed by atoms with Crippen LogP contribution in [0.15, 0.2) is 12.4 Å². The summed E-state index contributed by atoms with van der Waals surface area (Å²) in [5.74, 6) is -1.27. The van der Waals surface area contributed by atoms with E-state index in [1.54, 1.807) is 6.20 Å². The number of halogens is 2. The number of nitriles is 1. The minimum absolute atomic E-state index is 0.0622. The molecule has 2 aliphatic rings. The fraction of sp³-hybridized carbons (Fsp3) is 0.304. The zero-order valence-corrected chi connectivity index (χ0v) is 18.9. The smallest absolute Gasteiger partial charge is 0.317 e. The van der Waals surface area contributed by atoms with Crippen molar-refractivity contribution in [2.45, 2.75) is 25.7 Å². The van der Waals surface area contributed by atoms with Crippen LogP contribution in [0.25, 0.3) is 32.2 Å². The maximum Gasteiger partial charge on any atom is 0.317 e. The number of aromatic nitrogens is 3. The van der Waals surface area contributed by atoms with Crippen LogP contribution >= 0.6 is 11.3 Å². The Bertz CT molecular complexity index is 1530. The van der Waals surface area contributed by atoms with Gasteiger partial charge in [0, 0.05) is 28.6 Å². The highest BCUT2D eigenvalue weighted by Crippen LogP contribution is 2.44. The van der Waals surface area contributed by atoms with E-state index in [2.05, 4.69) is 19.9 Å². The molecular formula is C23H18F2N6O2S. The monoisotopic (exact) mass is 480 g/mol. The van der Waals surface area contributed by atoms with Crippen molar-refractivity contribution in [3.63, 3.8) is 0 Å². The lowest BCUT2D eigenvalue weighted by atomic mass is 9.94. The van der Waals surface area contributed by atoms with Crippen LogP contribution < -0.4 is 10.5 Å². The van der Waals surface area contributed by atoms with Crippen LogP contribution in [0.3, 0.4) is 0 Å². The first kappa shape index (κ1) is 21.1. The summed E-state index contributed by atoms with van der Waals surface area (Å²) in [5, 5.41) is 10.5. The van der Waals surface area contributed by atoms with E-state index in [9.17, 15) is 9.65 Å². The second-order valence-electron chi connectivity index (χ2n) is 8.40. The SMILES string of the molecule is CN1CC[C@@H]1COc1ncc2c3c(c(-c4ncc(F)c5sc(N)c(C#N)c45)c(F)c2n1)COC3. The third-order valence-corrected chi connectivity index (χ3v) is 7.59. The van der Waals surface area contributed by atoms with E-state index < -0.39 is 11.6 Å². The summed E-state index contributed by atoms with van der Waals surface area (Å²) in [7, 11) is 2.01. The Labute approximate surface area is 196 Å². The molecular weight excluding hydrogens is 462 g/mol. The normalized spacial score (nSPS) is 17.6. The Morgan fingerprint density at radius 2 is 2.12 bits per heavy atom. The number of nitrogens with zero attached hydrogens (tertiary/aromatic N) is 5. The molecule has 0 aliphatic carbocycles. The van der Waals surface area contributed by atoms with Crippen LogP contribution in [0, 0.1) is 23.0 Å². The molecule has 1 fully saturated rings. The number of benzene rings is 1. The second kappa shape index (κ2) is 7.80. The van der Waals surface area contributed by atoms with Gasteiger partial charge >= 0.3 is 6.01 Å². The molecule has 5 heterocycles. The highest BCUT2D eigenvalue weighted by molar-refractivity contribution is 7.23. The third-order valence-electron chi connectivity index (χ3n) is 6.57. The summed E-state index contributed by atoms with van der Waals surface area (Å²) >= 11 is 0.938. The zero-order valence-electron chi connectivity index (χ0n) is 18.1. The molecule has 1 aromatic carbocycles. The number of fused-ring (bicyclic) bond motifs is 4. The zero-order chi connectivity index (χ0) is 23.6. The molecule has 2 aliphatic heterocycles. The number of pyridine rings is 1. The molecule has 0 unspecified atom stereocenters. The highest BCUT2D eigenvalue weighted by atomic mass is 32.1. The number of thiophene rings is 1. The molecule has 4 aromatic rings. The summed E-state index contributed by atoms with van der Waals surface area (Å²) in [6, 6.07) is 2.36. The van der Waals surface area contributed by atoms with Crippen molar-refractivity contribution in [1.82, 2.24) is 19.9 Å². The Balaban J connectivity index is 1.56. The predicted molar refractivity (Wildman–Crippen MR) is 122 cm³/mol. The Morgan fingerprint density at radius 1 is 1.29 bits per heavy atom. The standard InChI is InChI=1S/C23H18F2N6O2S/c1-31-3-2-10(31)7-33-23-29-5-12-13-8-32-9-14(13)16(18(25)19(12)30-23)20-17-11(4-26)22(27)34-21(17)15(24)6-28-20/h5-6,10H,2-3,7-9,27H2,1H3/t10-/m1/s1. The van der Waals surface area contributed by atoms with Crippen LogP contribution in [0.1, 0.15) is 23.1 Å². The number of likely N-dealkylation sites (tertiary alicyclic amines) is 1. The first-order valence-corrected chi connectivity index (χ1v) is 11.5. The molecule has 172 valence electrons. The van der Waals surface area contributed by atoms with Crippen LogP contribution in [0.4, 0.5) is 13.8 Å². The number of nitrogens with two attached hydrogens (primary N) is 1. The minimum atomic E-state index is -0.652. The summed E-state index contributed by atoms with van der Waals surface area (Å²) in [6.45, 7) is 1.81. The van der Waals surface area contributed by atoms with Gasteiger partial charge in [-0.05, 0) is 31.1 Å². The van der Waals surface area contributed by atoms with Crippen molar-refractivity contribution in [2.24, 2.45) is 0 Å². The van der Waals surface area contributed by atoms with Gasteiger partial charge in [0.1, 0.15) is 23.2 Å². The molecule has 11 heteroatoms. The van der Waals surface area contributed by atoms with E-state index in [4.69, 9.17) is 15.2 Å². The van der Waals surface area contributed by atoms with Gasteiger partial charge in [-0.25, -0.2) is 13.8 Å². The molecule has 0 amide bonds. The van der Waals surface area contributed by atoms with Crippen LogP contribution in [-0.2, 0) is 18.0 Å². The number of ether oxygens (including phenoxy) is 2. The van der Waals surface area contributed by atoms with Gasteiger partial charge in [-0.15, -0.1) is 11.3 Å². The minimum Gasteiger partial charge on any atom is -0.462 e. The van der Waals surface area contributed by atoms with Crippen LogP contribution in [-0.4, -0.2) is 46.1 Å². The van der Waals surface area contributed by atoms with Gasteiger partial charge in [-0.2, -0.15) is 10.2 Å². The maximum atomic E-state index is 16.1. The molecule has 8 nitrogen and oxygen atoms in total. The third kappa shape index (κ3) is 3.03. The molecule has 1 atom stereocenters. The molecule has 0 bridgehead atoms. The van der Waals surface area contributed by atoms with Crippen molar-refractivity contribution in [3.05, 3.63) is 40.7 Å². The molecule has 0 saturated carbocycles. The van der Waals surface area contributed by atoms with Gasteiger partial charge < -0.3 is 15.2 Å². The van der Waals surface area contributed by atoms with Gasteiger partial charge in [0.25, 0.3) is 0 Å². The van der Waals surface area contributed by atoms with Gasteiger partial charge in [0.15, 0.2) is 11.6 Å². The number of rotatable bonds is 4. The molecule has 34 heavy (non-hydrogen) atoms. The summed E-state index contributed by atoms with van der Waals surface area (Å²) in [6.07, 6.45) is 3.58. The fourth-order valence-electron chi connectivity index (χ4n) is 4.55. The van der Waals surface area contributed by atoms with Crippen LogP contribution in [0.5, 0.6) is 6.01 Å². The summed E-state index contributed by atoms with van der Waals surface area (Å²) in [5.41, 5.74) is 7.68. The molecule has 2 N–H and O–H groups in total. The lowest BCUT2D eigenvalue weighted by molar-refractivity contribution is 0.0732. The molecule has 0 spiro atoms. The van der Waals surface area contributed by atoms with Gasteiger partial charge in [-0.3, -0.25) is 9.88 Å². The summed E-state index contributed by atoms with van der Waals surface area (Å²) < 4.78 is 42.2. The van der Waals surface area contributed by atoms with Crippen molar-refractivity contribution in [3.8, 4) is 23.3 Å². The van der Waals surface area contributed by atoms with E-state index in [1.165, 1.54) is 0 Å². The highest BCUT2D eigenvalue weighted by Gasteiger charge is 2.30. The van der Waals surface area contributed by atoms with Crippen molar-refractivity contribution < 1.29 is 18.3 Å². The molecule has 6 rings (SSSR count). The Morgan fingerprint density at radius 3 is 2.85 bits per heavy atom. The number of hydrogen-bond donors (Lipinski definition) is 1. The topological polar surface area (TPSA) is 110 Å². The Kier molecular flexibility index (Phi) is 4.84. The van der Waals surface area contributed by atoms with Crippen LogP contribution in [0.2, 0.25) is 0 Å². The lowest BCUT2D eigenvalue weighted by Crippen LogP contribution is -2.48.